The van der Waals surface area contributed by atoms with Crippen molar-refractivity contribution in [3.05, 3.63) is 70.0 Å². The summed E-state index contributed by atoms with van der Waals surface area (Å²) in [5.41, 5.74) is 8.58. The highest BCUT2D eigenvalue weighted by atomic mass is 35.5. The maximum atomic E-state index is 14.5. The van der Waals surface area contributed by atoms with E-state index < -0.39 is 5.82 Å². The minimum Gasteiger partial charge on any atom is -0.370 e. The topological polar surface area (TPSA) is 80.9 Å². The van der Waals surface area contributed by atoms with Crippen LogP contribution in [0.5, 0.6) is 0 Å². The van der Waals surface area contributed by atoms with E-state index in [0.29, 0.717) is 34.2 Å². The Morgan fingerprint density at radius 3 is 2.63 bits per heavy atom. The summed E-state index contributed by atoms with van der Waals surface area (Å²) in [4.78, 5) is 19.0. The molecule has 0 aliphatic carbocycles. The molecular formula is C20H18ClFN4O. The van der Waals surface area contributed by atoms with Crippen LogP contribution in [0.15, 0.2) is 42.5 Å². The van der Waals surface area contributed by atoms with E-state index in [1.807, 2.05) is 12.1 Å². The summed E-state index contributed by atoms with van der Waals surface area (Å²) < 4.78 is 14.5. The molecule has 3 N–H and O–H groups in total. The van der Waals surface area contributed by atoms with Gasteiger partial charge in [-0.05, 0) is 36.6 Å². The van der Waals surface area contributed by atoms with Gasteiger partial charge in [0.15, 0.2) is 0 Å². The van der Waals surface area contributed by atoms with Gasteiger partial charge in [-0.25, -0.2) is 9.37 Å². The third-order valence-corrected chi connectivity index (χ3v) is 4.29. The van der Waals surface area contributed by atoms with E-state index in [4.69, 9.17) is 17.3 Å². The number of aldehydes is 1. The van der Waals surface area contributed by atoms with E-state index in [1.165, 1.54) is 6.07 Å². The molecule has 3 rings (SSSR count). The molecule has 3 aromatic rings. The summed E-state index contributed by atoms with van der Waals surface area (Å²) in [7, 11) is 0. The van der Waals surface area contributed by atoms with Crippen molar-refractivity contribution in [2.24, 2.45) is 0 Å². The van der Waals surface area contributed by atoms with Crippen LogP contribution < -0.4 is 11.1 Å². The van der Waals surface area contributed by atoms with E-state index in [1.54, 1.807) is 31.2 Å². The third-order valence-electron chi connectivity index (χ3n) is 4.07. The van der Waals surface area contributed by atoms with Gasteiger partial charge < -0.3 is 11.1 Å². The molecule has 0 amide bonds. The molecule has 0 radical (unpaired) electrons. The maximum Gasteiger partial charge on any atom is 0.222 e. The summed E-state index contributed by atoms with van der Waals surface area (Å²) in [6.07, 6.45) is 1.53. The van der Waals surface area contributed by atoms with Gasteiger partial charge >= 0.3 is 0 Å². The lowest BCUT2D eigenvalue weighted by molar-refractivity contribution is 0.112. The number of nitrogens with one attached hydrogen (secondary N) is 1. The number of halogens is 2. The Hall–Kier alpha value is -2.99. The lowest BCUT2D eigenvalue weighted by Crippen LogP contribution is -2.09. The van der Waals surface area contributed by atoms with E-state index in [9.17, 15) is 9.18 Å². The fourth-order valence-electron chi connectivity index (χ4n) is 2.70. The summed E-state index contributed by atoms with van der Waals surface area (Å²) in [5.74, 6) is 0.153. The molecule has 0 bridgehead atoms. The molecule has 0 saturated heterocycles. The molecule has 138 valence electrons. The molecule has 0 fully saturated rings. The molecule has 0 unspecified atom stereocenters. The first-order valence-electron chi connectivity index (χ1n) is 8.35. The van der Waals surface area contributed by atoms with Gasteiger partial charge in [0, 0.05) is 28.8 Å². The predicted molar refractivity (Wildman–Crippen MR) is 106 cm³/mol. The van der Waals surface area contributed by atoms with E-state index in [-0.39, 0.29) is 11.5 Å². The normalized spacial score (nSPS) is 10.6. The molecule has 1 aromatic heterocycles. The van der Waals surface area contributed by atoms with Crippen LogP contribution in [0, 0.1) is 12.7 Å². The Morgan fingerprint density at radius 2 is 1.93 bits per heavy atom. The van der Waals surface area contributed by atoms with Crippen LogP contribution in [0.25, 0.3) is 11.3 Å². The second-order valence-corrected chi connectivity index (χ2v) is 6.55. The number of nitrogens with zero attached hydrogens (tertiary/aromatic N) is 2. The number of hydrogen-bond donors (Lipinski definition) is 2. The SMILES string of the molecule is Cc1cc(Cl)cc(-c2cc(NCCc3ccc(C=O)cc3)nc(N)n2)c1F. The molecule has 5 nitrogen and oxygen atoms in total. The standard InChI is InChI=1S/C20H18ClFN4O/c1-12-8-15(21)9-16(19(12)22)17-10-18(26-20(23)25-17)24-7-6-13-2-4-14(11-27)5-3-13/h2-5,8-11H,6-7H2,1H3,(H3,23,24,25,26). The highest BCUT2D eigenvalue weighted by Crippen LogP contribution is 2.28. The number of benzene rings is 2. The molecule has 27 heavy (non-hydrogen) atoms. The fraction of sp³-hybridized carbons (Fsp3) is 0.150. The summed E-state index contributed by atoms with van der Waals surface area (Å²) in [5, 5.41) is 3.59. The minimum absolute atomic E-state index is 0.0439. The lowest BCUT2D eigenvalue weighted by Gasteiger charge is -2.10. The quantitative estimate of drug-likeness (QED) is 0.619. The highest BCUT2D eigenvalue weighted by molar-refractivity contribution is 6.31. The van der Waals surface area contributed by atoms with Gasteiger partial charge in [0.2, 0.25) is 5.95 Å². The Kier molecular flexibility index (Phi) is 5.66. The molecule has 0 saturated carbocycles. The fourth-order valence-corrected chi connectivity index (χ4v) is 2.98. The highest BCUT2D eigenvalue weighted by Gasteiger charge is 2.13. The smallest absolute Gasteiger partial charge is 0.222 e. The van der Waals surface area contributed by atoms with Crippen LogP contribution in [0.2, 0.25) is 5.02 Å². The van der Waals surface area contributed by atoms with Gasteiger partial charge in [-0.3, -0.25) is 4.79 Å². The number of anilines is 2. The van der Waals surface area contributed by atoms with Crippen LogP contribution in [0.3, 0.4) is 0 Å². The third kappa shape index (κ3) is 4.60. The summed E-state index contributed by atoms with van der Waals surface area (Å²) in [6.45, 7) is 2.23. The van der Waals surface area contributed by atoms with Crippen LogP contribution in [-0.4, -0.2) is 22.8 Å². The van der Waals surface area contributed by atoms with Crippen molar-refractivity contribution in [3.8, 4) is 11.3 Å². The predicted octanol–water partition coefficient (Wildman–Crippen LogP) is 4.29. The number of nitrogens with two attached hydrogens (primary N) is 1. The van der Waals surface area contributed by atoms with Gasteiger partial charge in [0.05, 0.1) is 5.69 Å². The number of aromatic nitrogens is 2. The van der Waals surface area contributed by atoms with E-state index in [2.05, 4.69) is 15.3 Å². The van der Waals surface area contributed by atoms with Crippen LogP contribution >= 0.6 is 11.6 Å². The zero-order valence-electron chi connectivity index (χ0n) is 14.7. The first-order valence-corrected chi connectivity index (χ1v) is 8.72. The molecule has 0 aliphatic heterocycles. The molecule has 7 heteroatoms. The maximum absolute atomic E-state index is 14.5. The van der Waals surface area contributed by atoms with Crippen molar-refractivity contribution in [1.82, 2.24) is 9.97 Å². The number of carbonyl (C=O) groups is 1. The molecule has 2 aromatic carbocycles. The molecule has 0 spiro atoms. The summed E-state index contributed by atoms with van der Waals surface area (Å²) >= 11 is 6.05. The second-order valence-electron chi connectivity index (χ2n) is 6.12. The van der Waals surface area contributed by atoms with Crippen LogP contribution in [0.1, 0.15) is 21.5 Å². The number of hydrogen-bond acceptors (Lipinski definition) is 5. The van der Waals surface area contributed by atoms with Gasteiger partial charge in [0.1, 0.15) is 17.9 Å². The molecular weight excluding hydrogens is 367 g/mol. The van der Waals surface area contributed by atoms with Gasteiger partial charge in [-0.1, -0.05) is 35.9 Å². The zero-order chi connectivity index (χ0) is 19.4. The first-order chi connectivity index (χ1) is 13.0. The van der Waals surface area contributed by atoms with Crippen molar-refractivity contribution in [3.63, 3.8) is 0 Å². The molecule has 0 atom stereocenters. The monoisotopic (exact) mass is 384 g/mol. The Balaban J connectivity index is 1.76. The van der Waals surface area contributed by atoms with Crippen molar-refractivity contribution in [2.45, 2.75) is 13.3 Å². The van der Waals surface area contributed by atoms with Crippen molar-refractivity contribution >= 4 is 29.7 Å². The number of nitrogen functional groups attached to an aromatic ring is 1. The average molecular weight is 385 g/mol. The zero-order valence-corrected chi connectivity index (χ0v) is 15.4. The first kappa shape index (κ1) is 18.8. The van der Waals surface area contributed by atoms with Crippen LogP contribution in [0.4, 0.5) is 16.2 Å². The Morgan fingerprint density at radius 1 is 1.19 bits per heavy atom. The number of carbonyl (C=O) groups excluding carboxylic acids is 1. The molecule has 0 aliphatic rings. The Labute approximate surface area is 161 Å². The number of aryl methyl sites for hydroxylation is 1. The van der Waals surface area contributed by atoms with E-state index >= 15 is 0 Å². The number of rotatable bonds is 6. The second kappa shape index (κ2) is 8.14. The minimum atomic E-state index is -0.390. The summed E-state index contributed by atoms with van der Waals surface area (Å²) in [6, 6.07) is 12.1. The van der Waals surface area contributed by atoms with E-state index in [0.717, 1.165) is 18.3 Å². The van der Waals surface area contributed by atoms with Crippen molar-refractivity contribution in [2.75, 3.05) is 17.6 Å². The van der Waals surface area contributed by atoms with Crippen molar-refractivity contribution in [1.29, 1.82) is 0 Å². The largest absolute Gasteiger partial charge is 0.370 e. The van der Waals surface area contributed by atoms with Gasteiger partial charge in [-0.2, -0.15) is 4.98 Å². The van der Waals surface area contributed by atoms with Crippen LogP contribution in [-0.2, 0) is 6.42 Å². The van der Waals surface area contributed by atoms with Crippen molar-refractivity contribution < 1.29 is 9.18 Å². The Bertz CT molecular complexity index is 976. The lowest BCUT2D eigenvalue weighted by atomic mass is 10.1. The van der Waals surface area contributed by atoms with Gasteiger partial charge in [-0.15, -0.1) is 0 Å². The molecule has 1 heterocycles. The van der Waals surface area contributed by atoms with Gasteiger partial charge in [0.25, 0.3) is 0 Å². The average Bonchev–Trinajstić information content (AvgIpc) is 2.65.